The van der Waals surface area contributed by atoms with Gasteiger partial charge in [-0.3, -0.25) is 19.2 Å². The Hall–Kier alpha value is -2.86. The van der Waals surface area contributed by atoms with Gasteiger partial charge in [-0.05, 0) is 19.1 Å². The van der Waals surface area contributed by atoms with Crippen LogP contribution in [0.3, 0.4) is 0 Å². The van der Waals surface area contributed by atoms with Crippen LogP contribution in [0.2, 0.25) is 0 Å². The number of thioether (sulfide) groups is 2. The van der Waals surface area contributed by atoms with Gasteiger partial charge in [0.15, 0.2) is 5.17 Å². The quantitative estimate of drug-likeness (QED) is 0.443. The van der Waals surface area contributed by atoms with Crippen molar-refractivity contribution in [2.45, 2.75) is 30.3 Å². The van der Waals surface area contributed by atoms with Gasteiger partial charge in [-0.25, -0.2) is 0 Å². The Kier molecular flexibility index (Phi) is 7.11. The normalized spacial score (nSPS) is 23.4. The molecule has 0 aliphatic carbocycles. The van der Waals surface area contributed by atoms with Gasteiger partial charge in [-0.1, -0.05) is 41.2 Å². The van der Waals surface area contributed by atoms with Gasteiger partial charge < -0.3 is 20.7 Å². The topological polar surface area (TPSA) is 138 Å². The number of amides is 3. The minimum Gasteiger partial charge on any atom is -0.469 e. The van der Waals surface area contributed by atoms with Gasteiger partial charge in [0.1, 0.15) is 11.1 Å². The van der Waals surface area contributed by atoms with E-state index in [1.54, 1.807) is 12.1 Å². The molecule has 3 rings (SSSR count). The zero-order valence-corrected chi connectivity index (χ0v) is 17.8. The second kappa shape index (κ2) is 9.76. The predicted octanol–water partition coefficient (Wildman–Crippen LogP) is 1.61. The van der Waals surface area contributed by atoms with E-state index in [2.05, 4.69) is 30.9 Å². The van der Waals surface area contributed by atoms with Gasteiger partial charge in [-0.2, -0.15) is 0 Å². The first-order valence-corrected chi connectivity index (χ1v) is 10.6. The Labute approximate surface area is 180 Å². The van der Waals surface area contributed by atoms with E-state index in [1.807, 2.05) is 19.1 Å². The summed E-state index contributed by atoms with van der Waals surface area (Å²) in [7, 11) is 1.26. The fourth-order valence-electron chi connectivity index (χ4n) is 2.57. The van der Waals surface area contributed by atoms with Crippen molar-refractivity contribution in [2.24, 2.45) is 10.2 Å². The fourth-order valence-corrected chi connectivity index (χ4v) is 4.34. The summed E-state index contributed by atoms with van der Waals surface area (Å²) < 4.78 is 4.61. The molecule has 3 amide bonds. The summed E-state index contributed by atoms with van der Waals surface area (Å²) in [5, 5.41) is 14.4. The van der Waals surface area contributed by atoms with Crippen molar-refractivity contribution >= 4 is 63.2 Å². The molecule has 2 saturated heterocycles. The Balaban J connectivity index is 1.58. The van der Waals surface area contributed by atoms with Gasteiger partial charge in [0.05, 0.1) is 18.8 Å². The molecule has 30 heavy (non-hydrogen) atoms. The maximum atomic E-state index is 12.2. The lowest BCUT2D eigenvalue weighted by Gasteiger charge is -2.07. The van der Waals surface area contributed by atoms with Crippen LogP contribution in [0.15, 0.2) is 34.5 Å². The number of ether oxygens (including phenoxy) is 1. The first-order valence-electron chi connectivity index (χ1n) is 8.88. The summed E-state index contributed by atoms with van der Waals surface area (Å²) in [6.45, 7) is 1.95. The summed E-state index contributed by atoms with van der Waals surface area (Å²) in [4.78, 5) is 47.4. The molecule has 2 heterocycles. The average molecular weight is 450 g/mol. The smallest absolute Gasteiger partial charge is 0.307 e. The zero-order chi connectivity index (χ0) is 21.7. The summed E-state index contributed by atoms with van der Waals surface area (Å²) in [5.74, 6) is -0.920. The van der Waals surface area contributed by atoms with Crippen LogP contribution < -0.4 is 16.0 Å². The third kappa shape index (κ3) is 5.83. The van der Waals surface area contributed by atoms with Crippen molar-refractivity contribution in [3.05, 3.63) is 29.8 Å². The summed E-state index contributed by atoms with van der Waals surface area (Å²) >= 11 is 1.99. The summed E-state index contributed by atoms with van der Waals surface area (Å²) in [5.41, 5.74) is 1.73. The zero-order valence-electron chi connectivity index (χ0n) is 16.1. The van der Waals surface area contributed by atoms with Crippen molar-refractivity contribution in [3.63, 3.8) is 0 Å². The van der Waals surface area contributed by atoms with Crippen molar-refractivity contribution < 1.29 is 23.9 Å². The number of amidine groups is 2. The predicted molar refractivity (Wildman–Crippen MR) is 115 cm³/mol. The number of methoxy groups -OCH3 is 1. The van der Waals surface area contributed by atoms with Crippen LogP contribution in [-0.4, -0.2) is 51.6 Å². The summed E-state index contributed by atoms with van der Waals surface area (Å²) in [6, 6.07) is 7.34. The Morgan fingerprint density at radius 3 is 2.50 bits per heavy atom. The van der Waals surface area contributed by atoms with E-state index in [1.165, 1.54) is 7.11 Å². The largest absolute Gasteiger partial charge is 0.469 e. The maximum absolute atomic E-state index is 12.2. The molecule has 12 heteroatoms. The SMILES string of the molecule is COC(=O)C[C@@H]1SC(=O)N/C1=N\N=C1\NC(=O)[C@@H](CC(=O)Nc2ccc(C)cc2)S1. The third-order valence-corrected chi connectivity index (χ3v) is 6.16. The van der Waals surface area contributed by atoms with Gasteiger partial charge >= 0.3 is 5.97 Å². The van der Waals surface area contributed by atoms with Crippen LogP contribution in [0.4, 0.5) is 10.5 Å². The molecule has 2 aliphatic rings. The van der Waals surface area contributed by atoms with Crippen LogP contribution in [-0.2, 0) is 19.1 Å². The third-order valence-electron chi connectivity index (χ3n) is 4.10. The molecule has 0 unspecified atom stereocenters. The molecule has 1 aromatic carbocycles. The maximum Gasteiger partial charge on any atom is 0.307 e. The minimum atomic E-state index is -0.646. The number of carbonyl (C=O) groups excluding carboxylic acids is 4. The number of nitrogens with zero attached hydrogens (tertiary/aromatic N) is 2. The lowest BCUT2D eigenvalue weighted by atomic mass is 10.2. The molecular weight excluding hydrogens is 430 g/mol. The Bertz CT molecular complexity index is 931. The number of rotatable bonds is 6. The molecule has 10 nitrogen and oxygen atoms in total. The molecule has 0 saturated carbocycles. The monoisotopic (exact) mass is 449 g/mol. The molecular formula is C18H19N5O5S2. The minimum absolute atomic E-state index is 0.0302. The number of nitrogens with one attached hydrogen (secondary N) is 3. The number of benzene rings is 1. The molecule has 0 spiro atoms. The van der Waals surface area contributed by atoms with Crippen molar-refractivity contribution in [1.29, 1.82) is 0 Å². The van der Waals surface area contributed by atoms with E-state index in [4.69, 9.17) is 0 Å². The molecule has 0 bridgehead atoms. The van der Waals surface area contributed by atoms with Crippen molar-refractivity contribution in [2.75, 3.05) is 12.4 Å². The van der Waals surface area contributed by atoms with Crippen molar-refractivity contribution in [1.82, 2.24) is 10.6 Å². The number of esters is 1. The number of aryl methyl sites for hydroxylation is 1. The van der Waals surface area contributed by atoms with Gasteiger partial charge in [0.2, 0.25) is 11.8 Å². The molecule has 0 radical (unpaired) electrons. The Morgan fingerprint density at radius 1 is 1.07 bits per heavy atom. The lowest BCUT2D eigenvalue weighted by Crippen LogP contribution is -2.28. The van der Waals surface area contributed by atoms with E-state index in [0.29, 0.717) is 5.69 Å². The van der Waals surface area contributed by atoms with Crippen molar-refractivity contribution in [3.8, 4) is 0 Å². The van der Waals surface area contributed by atoms with E-state index in [9.17, 15) is 19.2 Å². The average Bonchev–Trinajstić information content (AvgIpc) is 3.23. The highest BCUT2D eigenvalue weighted by atomic mass is 32.2. The van der Waals surface area contributed by atoms with Crippen LogP contribution in [0.1, 0.15) is 18.4 Å². The highest BCUT2D eigenvalue weighted by molar-refractivity contribution is 8.15. The second-order valence-corrected chi connectivity index (χ2v) is 8.77. The standard InChI is InChI=1S/C18H19N5O5S2/c1-9-3-5-10(6-4-9)19-13(24)7-12-16(26)21-17(29-12)23-22-15-11(8-14(25)28-2)30-18(27)20-15/h3-6,11-12H,7-8H2,1-2H3,(H,19,24)(H,20,22,27)(H,21,23,26)/t11-,12+/m0/s1. The van der Waals surface area contributed by atoms with E-state index in [0.717, 1.165) is 29.1 Å². The first-order chi connectivity index (χ1) is 14.3. The molecule has 2 atom stereocenters. The van der Waals surface area contributed by atoms with E-state index >= 15 is 0 Å². The van der Waals surface area contributed by atoms with Gasteiger partial charge in [0, 0.05) is 12.1 Å². The number of anilines is 1. The summed E-state index contributed by atoms with van der Waals surface area (Å²) in [6.07, 6.45) is -0.0670. The van der Waals surface area contributed by atoms with Gasteiger partial charge in [-0.15, -0.1) is 10.2 Å². The van der Waals surface area contributed by atoms with Crippen LogP contribution in [0.25, 0.3) is 0 Å². The van der Waals surface area contributed by atoms with Crippen LogP contribution in [0, 0.1) is 6.92 Å². The number of carbonyl (C=O) groups is 4. The first kappa shape index (κ1) is 21.8. The lowest BCUT2D eigenvalue weighted by molar-refractivity contribution is -0.140. The molecule has 3 N–H and O–H groups in total. The van der Waals surface area contributed by atoms with Crippen LogP contribution in [0.5, 0.6) is 0 Å². The van der Waals surface area contributed by atoms with Crippen LogP contribution >= 0.6 is 23.5 Å². The number of hydrogen-bond donors (Lipinski definition) is 3. The van der Waals surface area contributed by atoms with E-state index in [-0.39, 0.29) is 40.9 Å². The van der Waals surface area contributed by atoms with E-state index < -0.39 is 16.5 Å². The fraction of sp³-hybridized carbons (Fsp3) is 0.333. The van der Waals surface area contributed by atoms with Gasteiger partial charge in [0.25, 0.3) is 5.24 Å². The molecule has 2 aliphatic heterocycles. The highest BCUT2D eigenvalue weighted by Gasteiger charge is 2.34. The molecule has 2 fully saturated rings. The second-order valence-electron chi connectivity index (χ2n) is 6.40. The number of hydrogen-bond acceptors (Lipinski definition) is 9. The molecule has 158 valence electrons. The highest BCUT2D eigenvalue weighted by Crippen LogP contribution is 2.25. The Morgan fingerprint density at radius 2 is 1.80 bits per heavy atom. The molecule has 0 aromatic heterocycles. The molecule has 1 aromatic rings.